The van der Waals surface area contributed by atoms with E-state index < -0.39 is 0 Å². The molecule has 2 heterocycles. The summed E-state index contributed by atoms with van der Waals surface area (Å²) in [5.74, 6) is 2.59. The van der Waals surface area contributed by atoms with Gasteiger partial charge in [0.15, 0.2) is 0 Å². The van der Waals surface area contributed by atoms with Gasteiger partial charge in [-0.25, -0.2) is 4.98 Å². The van der Waals surface area contributed by atoms with Gasteiger partial charge in [0.1, 0.15) is 11.6 Å². The standard InChI is InChI=1S/C21H24N4O/c1-26-17-11-9-16(10-12-17)15-22-21-23-19-8-4-3-7-18(19)20(24-21)25-13-5-2-6-14-25/h3-4,7-12H,2,5-6,13-15H2,1H3,(H,22,23,24). The minimum absolute atomic E-state index is 0.681. The Kier molecular flexibility index (Phi) is 4.86. The van der Waals surface area contributed by atoms with Gasteiger partial charge in [-0.15, -0.1) is 0 Å². The Labute approximate surface area is 154 Å². The number of benzene rings is 2. The second-order valence-corrected chi connectivity index (χ2v) is 6.64. The van der Waals surface area contributed by atoms with Gasteiger partial charge >= 0.3 is 0 Å². The smallest absolute Gasteiger partial charge is 0.225 e. The van der Waals surface area contributed by atoms with Crippen molar-refractivity contribution in [2.24, 2.45) is 0 Å². The Morgan fingerprint density at radius 2 is 1.73 bits per heavy atom. The van der Waals surface area contributed by atoms with Crippen molar-refractivity contribution in [2.45, 2.75) is 25.8 Å². The minimum atomic E-state index is 0.681. The van der Waals surface area contributed by atoms with E-state index in [0.717, 1.165) is 35.6 Å². The molecule has 3 aromatic rings. The van der Waals surface area contributed by atoms with Crippen LogP contribution in [0.15, 0.2) is 48.5 Å². The third-order valence-electron chi connectivity index (χ3n) is 4.85. The number of para-hydroxylation sites is 1. The van der Waals surface area contributed by atoms with Crippen LogP contribution in [-0.4, -0.2) is 30.2 Å². The molecule has 0 amide bonds. The first-order valence-electron chi connectivity index (χ1n) is 9.22. The van der Waals surface area contributed by atoms with E-state index in [-0.39, 0.29) is 0 Å². The van der Waals surface area contributed by atoms with Gasteiger partial charge in [0.05, 0.1) is 12.6 Å². The van der Waals surface area contributed by atoms with Crippen LogP contribution in [-0.2, 0) is 6.54 Å². The summed E-state index contributed by atoms with van der Waals surface area (Å²) in [6.07, 6.45) is 3.77. The van der Waals surface area contributed by atoms with Crippen LogP contribution >= 0.6 is 0 Å². The van der Waals surface area contributed by atoms with Gasteiger partial charge in [-0.05, 0) is 49.1 Å². The molecule has 0 radical (unpaired) electrons. The van der Waals surface area contributed by atoms with Gasteiger partial charge in [-0.2, -0.15) is 4.98 Å². The van der Waals surface area contributed by atoms with Crippen LogP contribution in [0.4, 0.5) is 11.8 Å². The number of piperidine rings is 1. The molecule has 1 saturated heterocycles. The molecule has 5 heteroatoms. The molecule has 1 aliphatic rings. The fourth-order valence-electron chi connectivity index (χ4n) is 3.41. The highest BCUT2D eigenvalue weighted by Gasteiger charge is 2.16. The predicted molar refractivity (Wildman–Crippen MR) is 106 cm³/mol. The molecule has 0 saturated carbocycles. The Morgan fingerprint density at radius 1 is 0.962 bits per heavy atom. The van der Waals surface area contributed by atoms with Crippen LogP contribution in [0.1, 0.15) is 24.8 Å². The van der Waals surface area contributed by atoms with E-state index in [1.807, 2.05) is 18.2 Å². The SMILES string of the molecule is COc1ccc(CNc2nc(N3CCCCC3)c3ccccc3n2)cc1. The van der Waals surface area contributed by atoms with Crippen LogP contribution in [0.25, 0.3) is 10.9 Å². The maximum Gasteiger partial charge on any atom is 0.225 e. The van der Waals surface area contributed by atoms with Crippen LogP contribution in [0.3, 0.4) is 0 Å². The molecule has 2 aromatic carbocycles. The number of aromatic nitrogens is 2. The Balaban J connectivity index is 1.60. The first-order valence-corrected chi connectivity index (χ1v) is 9.22. The van der Waals surface area contributed by atoms with Crippen molar-refractivity contribution in [3.63, 3.8) is 0 Å². The van der Waals surface area contributed by atoms with E-state index in [1.54, 1.807) is 7.11 Å². The third-order valence-corrected chi connectivity index (χ3v) is 4.85. The number of nitrogens with one attached hydrogen (secondary N) is 1. The zero-order valence-electron chi connectivity index (χ0n) is 15.1. The molecule has 1 aromatic heterocycles. The largest absolute Gasteiger partial charge is 0.497 e. The average molecular weight is 348 g/mol. The molecule has 1 N–H and O–H groups in total. The molecule has 5 nitrogen and oxygen atoms in total. The van der Waals surface area contributed by atoms with Gasteiger partial charge in [0, 0.05) is 25.0 Å². The van der Waals surface area contributed by atoms with E-state index in [0.29, 0.717) is 12.5 Å². The number of ether oxygens (including phenoxy) is 1. The van der Waals surface area contributed by atoms with E-state index in [9.17, 15) is 0 Å². The summed E-state index contributed by atoms with van der Waals surface area (Å²) >= 11 is 0. The van der Waals surface area contributed by atoms with Crippen molar-refractivity contribution < 1.29 is 4.74 Å². The van der Waals surface area contributed by atoms with Crippen molar-refractivity contribution in [2.75, 3.05) is 30.4 Å². The zero-order chi connectivity index (χ0) is 17.8. The number of hydrogen-bond acceptors (Lipinski definition) is 5. The molecule has 1 aliphatic heterocycles. The maximum atomic E-state index is 5.21. The van der Waals surface area contributed by atoms with Crippen molar-refractivity contribution >= 4 is 22.7 Å². The Bertz CT molecular complexity index is 873. The fourth-order valence-corrected chi connectivity index (χ4v) is 3.41. The number of nitrogens with zero attached hydrogens (tertiary/aromatic N) is 3. The Hall–Kier alpha value is -2.82. The molecular formula is C21H24N4O. The van der Waals surface area contributed by atoms with Crippen molar-refractivity contribution in [3.8, 4) is 5.75 Å². The lowest BCUT2D eigenvalue weighted by Gasteiger charge is -2.29. The lowest BCUT2D eigenvalue weighted by atomic mass is 10.1. The first-order chi connectivity index (χ1) is 12.8. The molecule has 0 bridgehead atoms. The van der Waals surface area contributed by atoms with E-state index >= 15 is 0 Å². The highest BCUT2D eigenvalue weighted by atomic mass is 16.5. The summed E-state index contributed by atoms with van der Waals surface area (Å²) in [5.41, 5.74) is 2.15. The first kappa shape index (κ1) is 16.6. The topological polar surface area (TPSA) is 50.3 Å². The van der Waals surface area contributed by atoms with Gasteiger partial charge in [-0.1, -0.05) is 24.3 Å². The zero-order valence-corrected chi connectivity index (χ0v) is 15.1. The van der Waals surface area contributed by atoms with Crippen molar-refractivity contribution in [3.05, 3.63) is 54.1 Å². The van der Waals surface area contributed by atoms with E-state index in [4.69, 9.17) is 14.7 Å². The number of hydrogen-bond donors (Lipinski definition) is 1. The molecule has 0 atom stereocenters. The summed E-state index contributed by atoms with van der Waals surface area (Å²) in [4.78, 5) is 12.0. The normalized spacial score (nSPS) is 14.4. The monoisotopic (exact) mass is 348 g/mol. The number of fused-ring (bicyclic) bond motifs is 1. The summed E-state index contributed by atoms with van der Waals surface area (Å²) < 4.78 is 5.21. The van der Waals surface area contributed by atoms with Gasteiger partial charge < -0.3 is 15.0 Å². The van der Waals surface area contributed by atoms with Crippen LogP contribution in [0.2, 0.25) is 0 Å². The highest BCUT2D eigenvalue weighted by molar-refractivity contribution is 5.90. The average Bonchev–Trinajstić information content (AvgIpc) is 2.72. The second-order valence-electron chi connectivity index (χ2n) is 6.64. The van der Waals surface area contributed by atoms with E-state index in [1.165, 1.54) is 24.8 Å². The van der Waals surface area contributed by atoms with Gasteiger partial charge in [0.2, 0.25) is 5.95 Å². The van der Waals surface area contributed by atoms with Crippen molar-refractivity contribution in [1.29, 1.82) is 0 Å². The van der Waals surface area contributed by atoms with Gasteiger partial charge in [0.25, 0.3) is 0 Å². The predicted octanol–water partition coefficient (Wildman–Crippen LogP) is 4.24. The fraction of sp³-hybridized carbons (Fsp3) is 0.333. The summed E-state index contributed by atoms with van der Waals surface area (Å²) in [6, 6.07) is 16.3. The molecule has 0 unspecified atom stereocenters. The Morgan fingerprint density at radius 3 is 2.50 bits per heavy atom. The third kappa shape index (κ3) is 3.57. The van der Waals surface area contributed by atoms with Crippen molar-refractivity contribution in [1.82, 2.24) is 9.97 Å². The molecule has 0 spiro atoms. The molecule has 1 fully saturated rings. The highest BCUT2D eigenvalue weighted by Crippen LogP contribution is 2.27. The molecular weight excluding hydrogens is 324 g/mol. The summed E-state index contributed by atoms with van der Waals surface area (Å²) in [7, 11) is 1.68. The maximum absolute atomic E-state index is 5.21. The number of methoxy groups -OCH3 is 1. The molecule has 0 aliphatic carbocycles. The minimum Gasteiger partial charge on any atom is -0.497 e. The molecule has 4 rings (SSSR count). The lowest BCUT2D eigenvalue weighted by Crippen LogP contribution is -2.30. The van der Waals surface area contributed by atoms with Crippen LogP contribution in [0.5, 0.6) is 5.75 Å². The van der Waals surface area contributed by atoms with Crippen LogP contribution in [0, 0.1) is 0 Å². The second kappa shape index (κ2) is 7.60. The molecule has 26 heavy (non-hydrogen) atoms. The molecule has 134 valence electrons. The number of anilines is 2. The van der Waals surface area contributed by atoms with Crippen LogP contribution < -0.4 is 15.0 Å². The van der Waals surface area contributed by atoms with E-state index in [2.05, 4.69) is 40.5 Å². The summed E-state index contributed by atoms with van der Waals surface area (Å²) in [6.45, 7) is 2.82. The van der Waals surface area contributed by atoms with Gasteiger partial charge in [-0.3, -0.25) is 0 Å². The number of rotatable bonds is 5. The summed E-state index contributed by atoms with van der Waals surface area (Å²) in [5, 5.41) is 4.51. The lowest BCUT2D eigenvalue weighted by molar-refractivity contribution is 0.414. The quantitative estimate of drug-likeness (QED) is 0.747.